The molecular weight excluding hydrogens is 350 g/mol. The Morgan fingerprint density at radius 1 is 1.14 bits per heavy atom. The maximum absolute atomic E-state index is 13.2. The van der Waals surface area contributed by atoms with Gasteiger partial charge in [0.1, 0.15) is 5.82 Å². The van der Waals surface area contributed by atoms with Gasteiger partial charge in [-0.3, -0.25) is 14.9 Å². The normalized spacial score (nSPS) is 16.6. The monoisotopic (exact) mass is 375 g/mol. The van der Waals surface area contributed by atoms with Crippen molar-refractivity contribution >= 4 is 5.91 Å². The first-order valence-electron chi connectivity index (χ1n) is 9.90. The fourth-order valence-electron chi connectivity index (χ4n) is 4.05. The second-order valence-electron chi connectivity index (χ2n) is 7.45. The van der Waals surface area contributed by atoms with Crippen LogP contribution in [0.1, 0.15) is 56.0 Å². The van der Waals surface area contributed by atoms with Crippen LogP contribution in [0.15, 0.2) is 54.9 Å². The molecule has 1 amide bonds. The second-order valence-corrected chi connectivity index (χ2v) is 7.45. The van der Waals surface area contributed by atoms with Crippen molar-refractivity contribution in [1.82, 2.24) is 25.5 Å². The number of carbonyl (C=O) groups excluding carboxylic acids is 1. The van der Waals surface area contributed by atoms with Crippen LogP contribution >= 0.6 is 0 Å². The number of nitrogens with one attached hydrogen (secondary N) is 2. The van der Waals surface area contributed by atoms with E-state index in [2.05, 4.69) is 37.6 Å². The van der Waals surface area contributed by atoms with Crippen molar-refractivity contribution in [2.24, 2.45) is 5.92 Å². The Morgan fingerprint density at radius 2 is 1.93 bits per heavy atom. The highest BCUT2D eigenvalue weighted by molar-refractivity contribution is 5.84. The fourth-order valence-corrected chi connectivity index (χ4v) is 4.05. The number of aromatic amines is 1. The van der Waals surface area contributed by atoms with Gasteiger partial charge in [-0.2, -0.15) is 5.10 Å². The van der Waals surface area contributed by atoms with Gasteiger partial charge < -0.3 is 5.32 Å². The Balaban J connectivity index is 1.50. The van der Waals surface area contributed by atoms with Crippen LogP contribution in [0.5, 0.6) is 0 Å². The SMILES string of the molecule is C[C@H](NC(=O)[C@@H](c1ccccc1)C1CCCC1)c1nc(-c2cccnc2)n[nH]1. The van der Waals surface area contributed by atoms with Crippen molar-refractivity contribution in [2.45, 2.75) is 44.6 Å². The third-order valence-electron chi connectivity index (χ3n) is 5.50. The summed E-state index contributed by atoms with van der Waals surface area (Å²) in [7, 11) is 0. The Kier molecular flexibility index (Phi) is 5.46. The largest absolute Gasteiger partial charge is 0.346 e. The molecule has 0 unspecified atom stereocenters. The van der Waals surface area contributed by atoms with Crippen LogP contribution in [0.4, 0.5) is 0 Å². The minimum absolute atomic E-state index is 0.0601. The lowest BCUT2D eigenvalue weighted by Crippen LogP contribution is -2.35. The molecule has 0 bridgehead atoms. The molecule has 2 N–H and O–H groups in total. The van der Waals surface area contributed by atoms with Gasteiger partial charge in [0.25, 0.3) is 0 Å². The molecule has 2 aromatic heterocycles. The Bertz CT molecular complexity index is 903. The first kappa shape index (κ1) is 18.3. The summed E-state index contributed by atoms with van der Waals surface area (Å²) in [6.45, 7) is 1.93. The highest BCUT2D eigenvalue weighted by Gasteiger charge is 2.32. The Morgan fingerprint density at radius 3 is 2.64 bits per heavy atom. The number of H-pyrrole nitrogens is 1. The van der Waals surface area contributed by atoms with E-state index in [0.29, 0.717) is 17.6 Å². The number of aromatic nitrogens is 4. The van der Waals surface area contributed by atoms with Crippen molar-refractivity contribution < 1.29 is 4.79 Å². The predicted octanol–water partition coefficient (Wildman–Crippen LogP) is 4.02. The molecule has 28 heavy (non-hydrogen) atoms. The zero-order valence-corrected chi connectivity index (χ0v) is 16.0. The van der Waals surface area contributed by atoms with E-state index in [1.54, 1.807) is 12.4 Å². The molecule has 144 valence electrons. The topological polar surface area (TPSA) is 83.6 Å². The molecule has 2 heterocycles. The van der Waals surface area contributed by atoms with Crippen LogP contribution in [0, 0.1) is 5.92 Å². The molecule has 0 saturated heterocycles. The zero-order valence-electron chi connectivity index (χ0n) is 16.0. The minimum Gasteiger partial charge on any atom is -0.346 e. The van der Waals surface area contributed by atoms with E-state index in [1.807, 2.05) is 37.3 Å². The third-order valence-corrected chi connectivity index (χ3v) is 5.50. The van der Waals surface area contributed by atoms with Crippen molar-refractivity contribution in [1.29, 1.82) is 0 Å². The summed E-state index contributed by atoms with van der Waals surface area (Å²) in [5, 5.41) is 10.4. The molecule has 1 aromatic carbocycles. The summed E-state index contributed by atoms with van der Waals surface area (Å²) in [5.41, 5.74) is 1.93. The average Bonchev–Trinajstić information content (AvgIpc) is 3.42. The molecule has 4 rings (SSSR count). The van der Waals surface area contributed by atoms with E-state index in [9.17, 15) is 4.79 Å². The summed E-state index contributed by atoms with van der Waals surface area (Å²) >= 11 is 0. The van der Waals surface area contributed by atoms with Gasteiger partial charge in [0.05, 0.1) is 12.0 Å². The fraction of sp³-hybridized carbons (Fsp3) is 0.364. The van der Waals surface area contributed by atoms with Crippen molar-refractivity contribution in [3.05, 3.63) is 66.2 Å². The molecule has 3 aromatic rings. The molecule has 0 aliphatic heterocycles. The van der Waals surface area contributed by atoms with Crippen LogP contribution in [0.2, 0.25) is 0 Å². The third kappa shape index (κ3) is 3.96. The molecule has 0 radical (unpaired) electrons. The second kappa shape index (κ2) is 8.33. The maximum Gasteiger partial charge on any atom is 0.228 e. The highest BCUT2D eigenvalue weighted by Crippen LogP contribution is 2.37. The van der Waals surface area contributed by atoms with Gasteiger partial charge in [-0.05, 0) is 43.4 Å². The van der Waals surface area contributed by atoms with E-state index in [-0.39, 0.29) is 17.9 Å². The maximum atomic E-state index is 13.2. The number of amides is 1. The molecule has 6 nitrogen and oxygen atoms in total. The van der Waals surface area contributed by atoms with Crippen LogP contribution in [-0.2, 0) is 4.79 Å². The van der Waals surface area contributed by atoms with Gasteiger partial charge in [0.2, 0.25) is 5.91 Å². The van der Waals surface area contributed by atoms with Crippen LogP contribution in [-0.4, -0.2) is 26.1 Å². The van der Waals surface area contributed by atoms with Gasteiger partial charge >= 0.3 is 0 Å². The number of nitrogens with zero attached hydrogens (tertiary/aromatic N) is 3. The number of benzene rings is 1. The van der Waals surface area contributed by atoms with Crippen LogP contribution < -0.4 is 5.32 Å². The molecule has 6 heteroatoms. The summed E-state index contributed by atoms with van der Waals surface area (Å²) < 4.78 is 0. The summed E-state index contributed by atoms with van der Waals surface area (Å²) in [5.74, 6) is 1.57. The van der Waals surface area contributed by atoms with Crippen LogP contribution in [0.25, 0.3) is 11.4 Å². The van der Waals surface area contributed by atoms with E-state index in [1.165, 1.54) is 12.8 Å². The highest BCUT2D eigenvalue weighted by atomic mass is 16.2. The number of pyridine rings is 1. The zero-order chi connectivity index (χ0) is 19.3. The van der Waals surface area contributed by atoms with E-state index >= 15 is 0 Å². The average molecular weight is 375 g/mol. The van der Waals surface area contributed by atoms with Crippen LogP contribution in [0.3, 0.4) is 0 Å². The first-order chi connectivity index (χ1) is 13.7. The Hall–Kier alpha value is -3.02. The summed E-state index contributed by atoms with van der Waals surface area (Å²) in [6, 6.07) is 13.6. The summed E-state index contributed by atoms with van der Waals surface area (Å²) in [4.78, 5) is 21.9. The molecule has 1 aliphatic rings. The molecule has 0 spiro atoms. The van der Waals surface area contributed by atoms with E-state index in [0.717, 1.165) is 24.0 Å². The standard InChI is InChI=1S/C22H25N5O/c1-15(20-25-21(27-26-20)18-12-7-13-23-14-18)24-22(28)19(17-10-5-6-11-17)16-8-3-2-4-9-16/h2-4,7-9,12-15,17,19H,5-6,10-11H2,1H3,(H,24,28)(H,25,26,27)/t15-,19-/m0/s1. The van der Waals surface area contributed by atoms with Gasteiger partial charge in [-0.25, -0.2) is 4.98 Å². The molecule has 2 atom stereocenters. The quantitative estimate of drug-likeness (QED) is 0.682. The van der Waals surface area contributed by atoms with Crippen molar-refractivity contribution in [3.63, 3.8) is 0 Å². The lowest BCUT2D eigenvalue weighted by Gasteiger charge is -2.24. The van der Waals surface area contributed by atoms with Crippen molar-refractivity contribution in [3.8, 4) is 11.4 Å². The van der Waals surface area contributed by atoms with Crippen molar-refractivity contribution in [2.75, 3.05) is 0 Å². The van der Waals surface area contributed by atoms with E-state index < -0.39 is 0 Å². The molecule has 1 aliphatic carbocycles. The van der Waals surface area contributed by atoms with Gasteiger partial charge in [0.15, 0.2) is 5.82 Å². The lowest BCUT2D eigenvalue weighted by atomic mass is 9.84. The summed E-state index contributed by atoms with van der Waals surface area (Å²) in [6.07, 6.45) is 8.05. The first-order valence-corrected chi connectivity index (χ1v) is 9.90. The predicted molar refractivity (Wildman–Crippen MR) is 107 cm³/mol. The Labute approximate surface area is 164 Å². The van der Waals surface area contributed by atoms with Gasteiger partial charge in [-0.1, -0.05) is 43.2 Å². The minimum atomic E-state index is -0.252. The smallest absolute Gasteiger partial charge is 0.228 e. The van der Waals surface area contributed by atoms with E-state index in [4.69, 9.17) is 0 Å². The number of hydrogen-bond donors (Lipinski definition) is 2. The number of rotatable bonds is 6. The van der Waals surface area contributed by atoms with Gasteiger partial charge in [-0.15, -0.1) is 0 Å². The number of carbonyl (C=O) groups is 1. The van der Waals surface area contributed by atoms with Gasteiger partial charge in [0, 0.05) is 18.0 Å². The molecular formula is C22H25N5O. The molecule has 1 saturated carbocycles. The number of hydrogen-bond acceptors (Lipinski definition) is 4. The molecule has 1 fully saturated rings. The lowest BCUT2D eigenvalue weighted by molar-refractivity contribution is -0.124.